The van der Waals surface area contributed by atoms with Gasteiger partial charge in [0.15, 0.2) is 44.0 Å². The van der Waals surface area contributed by atoms with E-state index in [1.807, 2.05) is 42.5 Å². The molecule has 2 aliphatic rings. The normalized spacial score (nSPS) is 20.8. The van der Waals surface area contributed by atoms with Gasteiger partial charge < -0.3 is 26.5 Å². The van der Waals surface area contributed by atoms with Gasteiger partial charge >= 0.3 is 22.5 Å². The van der Waals surface area contributed by atoms with Gasteiger partial charge in [-0.05, 0) is 75.4 Å². The molecule has 10 rings (SSSR count). The summed E-state index contributed by atoms with van der Waals surface area (Å²) >= 11 is 0. The first-order valence-electron chi connectivity index (χ1n) is 16.9. The summed E-state index contributed by atoms with van der Waals surface area (Å²) < 4.78 is 35.7. The van der Waals surface area contributed by atoms with Crippen LogP contribution >= 0.6 is 0 Å². The molecule has 0 unspecified atom stereocenters. The zero-order chi connectivity index (χ0) is 36.5. The monoisotopic (exact) mass is 702 g/mol. The molecule has 0 radical (unpaired) electrons. The lowest BCUT2D eigenvalue weighted by molar-refractivity contribution is 0.434. The molecule has 10 nitrogen and oxygen atoms in total. The molecule has 0 fully saturated rings. The van der Waals surface area contributed by atoms with Crippen molar-refractivity contribution in [3.8, 4) is 0 Å². The Hall–Kier alpha value is -6.94. The Bertz CT molecular complexity index is 3330. The molecule has 8 aromatic rings. The quantitative estimate of drug-likeness (QED) is 0.227. The molecule has 2 aliphatic carbocycles. The van der Waals surface area contributed by atoms with Crippen molar-refractivity contribution in [3.05, 3.63) is 159 Å². The molecule has 0 spiro atoms. The maximum atomic E-state index is 12.5. The highest BCUT2D eigenvalue weighted by Crippen LogP contribution is 2.50. The van der Waals surface area contributed by atoms with Crippen molar-refractivity contribution in [3.63, 3.8) is 0 Å². The van der Waals surface area contributed by atoms with Crippen LogP contribution < -0.4 is 44.2 Å². The molecule has 53 heavy (non-hydrogen) atoms. The topological polar surface area (TPSA) is 147 Å². The lowest BCUT2D eigenvalue weighted by atomic mass is 9.60. The smallest absolute Gasteiger partial charge is 0.347 e. The van der Waals surface area contributed by atoms with E-state index in [0.29, 0.717) is 32.8 Å². The number of benzene rings is 4. The fourth-order valence-corrected chi connectivity index (χ4v) is 8.19. The van der Waals surface area contributed by atoms with E-state index in [2.05, 4.69) is 45.2 Å². The second-order valence-corrected chi connectivity index (χ2v) is 13.9. The zero-order valence-electron chi connectivity index (χ0n) is 28.2. The van der Waals surface area contributed by atoms with Gasteiger partial charge in [0.1, 0.15) is 0 Å². The molecule has 0 N–H and O–H groups in total. The van der Waals surface area contributed by atoms with Crippen LogP contribution in [0.3, 0.4) is 0 Å². The average Bonchev–Trinajstić information content (AvgIpc) is 3.58. The van der Waals surface area contributed by atoms with Gasteiger partial charge in [-0.25, -0.2) is 19.2 Å². The van der Waals surface area contributed by atoms with Crippen LogP contribution in [-0.4, -0.2) is 0 Å². The standard InChI is InChI=1S/C43H26O10/c1-19(2)43-20(3)9-31-33(50-37-17-28-26(15-35(37)48-31)39(44)52-41(28)46)13-24(25-11-22-7-5-6-8-23(22)12-30(25)43)14-34-32(10-21(43)4)49-36-16-27-29(18-38(36)51-34)42(47)53-40(27)45/h5-19,24H,3-4H2,1-2H3/b31-9+,32-10+,33-13+,34-14+. The minimum absolute atomic E-state index is 0.0798. The van der Waals surface area contributed by atoms with Crippen LogP contribution in [0.5, 0.6) is 0 Å². The van der Waals surface area contributed by atoms with Gasteiger partial charge in [0, 0.05) is 35.6 Å². The van der Waals surface area contributed by atoms with Crippen LogP contribution in [0, 0.1) is 5.92 Å². The second kappa shape index (κ2) is 10.5. The van der Waals surface area contributed by atoms with Crippen molar-refractivity contribution in [1.29, 1.82) is 0 Å². The Morgan fingerprint density at radius 2 is 0.943 bits per heavy atom. The highest BCUT2D eigenvalue weighted by molar-refractivity contribution is 5.94. The Balaban J connectivity index is 1.41. The van der Waals surface area contributed by atoms with E-state index in [-0.39, 0.29) is 49.8 Å². The van der Waals surface area contributed by atoms with Crippen molar-refractivity contribution in [2.45, 2.75) is 25.2 Å². The van der Waals surface area contributed by atoms with E-state index >= 15 is 0 Å². The van der Waals surface area contributed by atoms with Gasteiger partial charge in [-0.1, -0.05) is 51.3 Å². The Morgan fingerprint density at radius 3 is 1.36 bits per heavy atom. The predicted octanol–water partition coefficient (Wildman–Crippen LogP) is 5.09. The largest absolute Gasteiger partial charge is 0.450 e. The van der Waals surface area contributed by atoms with Gasteiger partial charge in [-0.3, -0.25) is 0 Å². The van der Waals surface area contributed by atoms with E-state index in [1.165, 1.54) is 24.3 Å². The van der Waals surface area contributed by atoms with Crippen LogP contribution in [0.2, 0.25) is 0 Å². The van der Waals surface area contributed by atoms with E-state index in [1.54, 1.807) is 0 Å². The lowest BCUT2D eigenvalue weighted by Crippen LogP contribution is -2.38. The minimum atomic E-state index is -0.959. The SMILES string of the molecule is C=C1/C=c2/oc3cc4c(=O)oc(=O)c4cc3o/c2=C/C2/C=c3/oc4cc5c(=O)oc(=O)c5cc4o/c3=C/C(=C)C1(C(C)C)c1cc3ccccc3cc12. The summed E-state index contributed by atoms with van der Waals surface area (Å²) in [5.74, 6) is -0.708. The summed E-state index contributed by atoms with van der Waals surface area (Å²) in [6.45, 7) is 13.5. The van der Waals surface area contributed by atoms with Crippen molar-refractivity contribution in [2.75, 3.05) is 0 Å². The highest BCUT2D eigenvalue weighted by atomic mass is 16.4. The summed E-state index contributed by atoms with van der Waals surface area (Å²) in [4.78, 5) is 49.8. The highest BCUT2D eigenvalue weighted by Gasteiger charge is 2.43. The summed E-state index contributed by atoms with van der Waals surface area (Å²) in [7, 11) is 0. The molecule has 4 aromatic carbocycles. The van der Waals surface area contributed by atoms with Crippen molar-refractivity contribution in [2.24, 2.45) is 5.92 Å². The molecule has 4 aromatic heterocycles. The predicted molar refractivity (Wildman–Crippen MR) is 199 cm³/mol. The minimum Gasteiger partial charge on any atom is -0.450 e. The van der Waals surface area contributed by atoms with E-state index in [4.69, 9.17) is 26.5 Å². The second-order valence-electron chi connectivity index (χ2n) is 13.9. The Labute approximate surface area is 295 Å². The third-order valence-electron chi connectivity index (χ3n) is 10.6. The van der Waals surface area contributed by atoms with Gasteiger partial charge in [0.2, 0.25) is 0 Å². The zero-order valence-corrected chi connectivity index (χ0v) is 28.2. The first kappa shape index (κ1) is 30.8. The molecular weight excluding hydrogens is 676 g/mol. The van der Waals surface area contributed by atoms with Crippen LogP contribution in [0.25, 0.3) is 79.0 Å². The van der Waals surface area contributed by atoms with Gasteiger partial charge in [-0.2, -0.15) is 0 Å². The molecule has 0 atom stereocenters. The first-order chi connectivity index (χ1) is 25.5. The summed E-state index contributed by atoms with van der Waals surface area (Å²) in [6, 6.07) is 18.2. The summed E-state index contributed by atoms with van der Waals surface area (Å²) in [6.07, 6.45) is 7.42. The Kier molecular flexibility index (Phi) is 6.14. The molecule has 258 valence electrons. The maximum Gasteiger partial charge on any atom is 0.347 e. The van der Waals surface area contributed by atoms with Gasteiger partial charge in [0.05, 0.1) is 21.5 Å². The molecule has 0 amide bonds. The van der Waals surface area contributed by atoms with E-state index in [9.17, 15) is 19.2 Å². The number of fused-ring (bicyclic) bond motifs is 7. The van der Waals surface area contributed by atoms with E-state index < -0.39 is 33.8 Å². The fourth-order valence-electron chi connectivity index (χ4n) is 8.19. The van der Waals surface area contributed by atoms with Crippen LogP contribution in [-0.2, 0) is 5.41 Å². The summed E-state index contributed by atoms with van der Waals surface area (Å²) in [5.41, 5.74) is 1.32. The van der Waals surface area contributed by atoms with E-state index in [0.717, 1.165) is 21.9 Å². The third kappa shape index (κ3) is 4.26. The number of hydrogen-bond acceptors (Lipinski definition) is 10. The molecule has 10 heteroatoms. The number of allylic oxidation sites excluding steroid dienone is 2. The Morgan fingerprint density at radius 1 is 0.547 bits per heavy atom. The molecule has 2 bridgehead atoms. The molecule has 0 saturated heterocycles. The molecule has 0 aliphatic heterocycles. The van der Waals surface area contributed by atoms with Gasteiger partial charge in [0.25, 0.3) is 0 Å². The van der Waals surface area contributed by atoms with Crippen molar-refractivity contribution >= 4 is 79.0 Å². The maximum absolute atomic E-state index is 12.5. The van der Waals surface area contributed by atoms with Crippen molar-refractivity contribution in [1.82, 2.24) is 0 Å². The number of hydrogen-bond donors (Lipinski definition) is 0. The first-order valence-corrected chi connectivity index (χ1v) is 16.9. The molecule has 0 saturated carbocycles. The fraction of sp³-hybridized carbons (Fsp3) is 0.116. The number of furan rings is 2. The van der Waals surface area contributed by atoms with Gasteiger partial charge in [-0.15, -0.1) is 0 Å². The molecular formula is C43H26O10. The summed E-state index contributed by atoms with van der Waals surface area (Å²) in [5, 5.41) is 2.35. The van der Waals surface area contributed by atoms with Crippen LogP contribution in [0.1, 0.15) is 30.9 Å². The van der Waals surface area contributed by atoms with Crippen LogP contribution in [0.15, 0.2) is 131 Å². The lowest BCUT2D eigenvalue weighted by Gasteiger charge is -2.42. The number of rotatable bonds is 1. The van der Waals surface area contributed by atoms with Crippen molar-refractivity contribution < 1.29 is 26.5 Å². The third-order valence-corrected chi connectivity index (χ3v) is 10.6. The molecule has 4 heterocycles. The van der Waals surface area contributed by atoms with Crippen LogP contribution in [0.4, 0.5) is 0 Å². The average molecular weight is 703 g/mol.